The number of aliphatic hydroxyl groups is 1. The Balaban J connectivity index is 2.38. The summed E-state index contributed by atoms with van der Waals surface area (Å²) in [7, 11) is 4.27. The summed E-state index contributed by atoms with van der Waals surface area (Å²) in [6, 6.07) is 10.8. The predicted octanol–water partition coefficient (Wildman–Crippen LogP) is 2.67. The number of benzene rings is 1. The van der Waals surface area contributed by atoms with Crippen molar-refractivity contribution in [2.75, 3.05) is 27.2 Å². The van der Waals surface area contributed by atoms with Gasteiger partial charge in [-0.15, -0.1) is 0 Å². The van der Waals surface area contributed by atoms with Crippen LogP contribution in [0.2, 0.25) is 0 Å². The molecule has 1 aromatic rings. The first-order valence-corrected chi connectivity index (χ1v) is 7.00. The van der Waals surface area contributed by atoms with E-state index in [0.717, 1.165) is 13.0 Å². The molecule has 1 saturated carbocycles. The maximum Gasteiger partial charge on any atom is 0.0468 e. The molecule has 1 aliphatic carbocycles. The molecule has 0 heterocycles. The van der Waals surface area contributed by atoms with E-state index in [0.29, 0.717) is 12.5 Å². The van der Waals surface area contributed by atoms with Gasteiger partial charge in [0.25, 0.3) is 0 Å². The van der Waals surface area contributed by atoms with Gasteiger partial charge in [-0.05, 0) is 38.4 Å². The van der Waals surface area contributed by atoms with E-state index in [9.17, 15) is 5.11 Å². The maximum atomic E-state index is 9.78. The molecular weight excluding hydrogens is 222 g/mol. The van der Waals surface area contributed by atoms with Gasteiger partial charge in [0.1, 0.15) is 0 Å². The van der Waals surface area contributed by atoms with E-state index in [1.807, 2.05) is 0 Å². The minimum Gasteiger partial charge on any atom is -0.396 e. The van der Waals surface area contributed by atoms with Gasteiger partial charge < -0.3 is 10.0 Å². The average molecular weight is 247 g/mol. The second-order valence-electron chi connectivity index (χ2n) is 5.89. The molecule has 2 heteroatoms. The van der Waals surface area contributed by atoms with Crippen molar-refractivity contribution in [3.05, 3.63) is 35.9 Å². The lowest BCUT2D eigenvalue weighted by atomic mass is 9.62. The van der Waals surface area contributed by atoms with Crippen molar-refractivity contribution in [2.24, 2.45) is 5.92 Å². The largest absolute Gasteiger partial charge is 0.396 e. The van der Waals surface area contributed by atoms with E-state index in [4.69, 9.17) is 0 Å². The number of hydrogen-bond donors (Lipinski definition) is 1. The summed E-state index contributed by atoms with van der Waals surface area (Å²) in [4.78, 5) is 2.26. The molecule has 100 valence electrons. The van der Waals surface area contributed by atoms with Crippen molar-refractivity contribution in [3.8, 4) is 0 Å². The Labute approximate surface area is 111 Å². The molecule has 2 nitrogen and oxygen atoms in total. The van der Waals surface area contributed by atoms with E-state index >= 15 is 0 Å². The molecule has 1 fully saturated rings. The maximum absolute atomic E-state index is 9.78. The minimum atomic E-state index is 0.137. The van der Waals surface area contributed by atoms with Crippen LogP contribution in [0.1, 0.15) is 31.2 Å². The fraction of sp³-hybridized carbons (Fsp3) is 0.625. The third-order valence-electron chi connectivity index (χ3n) is 4.37. The molecule has 2 rings (SSSR count). The van der Waals surface area contributed by atoms with Gasteiger partial charge in [0.05, 0.1) is 0 Å². The molecular formula is C16H25NO. The van der Waals surface area contributed by atoms with Crippen LogP contribution in [-0.2, 0) is 5.41 Å². The summed E-state index contributed by atoms with van der Waals surface area (Å²) in [6.45, 7) is 1.34. The first-order chi connectivity index (χ1) is 8.69. The van der Waals surface area contributed by atoms with Gasteiger partial charge in [-0.1, -0.05) is 43.2 Å². The van der Waals surface area contributed by atoms with Gasteiger partial charge in [-0.25, -0.2) is 0 Å². The molecule has 0 saturated heterocycles. The van der Waals surface area contributed by atoms with E-state index < -0.39 is 0 Å². The molecule has 0 bridgehead atoms. The van der Waals surface area contributed by atoms with Gasteiger partial charge >= 0.3 is 0 Å². The van der Waals surface area contributed by atoms with Crippen molar-refractivity contribution in [1.82, 2.24) is 4.90 Å². The summed E-state index contributed by atoms with van der Waals surface area (Å²) in [5.74, 6) is 0.399. The SMILES string of the molecule is CN(C)C[C@]1(c2ccccc2)CCCC[C@H]1CO. The van der Waals surface area contributed by atoms with Crippen molar-refractivity contribution < 1.29 is 5.11 Å². The van der Waals surface area contributed by atoms with Crippen LogP contribution in [0.15, 0.2) is 30.3 Å². The summed E-state index contributed by atoms with van der Waals surface area (Å²) in [5.41, 5.74) is 1.54. The molecule has 18 heavy (non-hydrogen) atoms. The normalized spacial score (nSPS) is 28.6. The zero-order chi connectivity index (χ0) is 13.0. The van der Waals surface area contributed by atoms with E-state index in [-0.39, 0.29) is 5.41 Å². The Hall–Kier alpha value is -0.860. The second kappa shape index (κ2) is 5.85. The highest BCUT2D eigenvalue weighted by molar-refractivity contribution is 5.28. The predicted molar refractivity (Wildman–Crippen MR) is 75.7 cm³/mol. The Kier molecular flexibility index (Phi) is 4.41. The molecule has 0 spiro atoms. The van der Waals surface area contributed by atoms with Crippen LogP contribution in [0.25, 0.3) is 0 Å². The van der Waals surface area contributed by atoms with Gasteiger partial charge in [0.2, 0.25) is 0 Å². The van der Waals surface area contributed by atoms with Crippen LogP contribution in [0.3, 0.4) is 0 Å². The third-order valence-corrected chi connectivity index (χ3v) is 4.37. The Bertz CT molecular complexity index is 363. The molecule has 0 amide bonds. The van der Waals surface area contributed by atoms with E-state index in [1.165, 1.54) is 24.8 Å². The van der Waals surface area contributed by atoms with Crippen molar-refractivity contribution in [2.45, 2.75) is 31.1 Å². The summed E-state index contributed by atoms with van der Waals surface area (Å²) in [5, 5.41) is 9.78. The van der Waals surface area contributed by atoms with Crippen LogP contribution < -0.4 is 0 Å². The van der Waals surface area contributed by atoms with Crippen LogP contribution >= 0.6 is 0 Å². The summed E-state index contributed by atoms with van der Waals surface area (Å²) in [6.07, 6.45) is 4.88. The summed E-state index contributed by atoms with van der Waals surface area (Å²) < 4.78 is 0. The monoisotopic (exact) mass is 247 g/mol. The highest BCUT2D eigenvalue weighted by Gasteiger charge is 2.41. The quantitative estimate of drug-likeness (QED) is 0.884. The van der Waals surface area contributed by atoms with Crippen LogP contribution in [0.4, 0.5) is 0 Å². The molecule has 1 N–H and O–H groups in total. The highest BCUT2D eigenvalue weighted by Crippen LogP contribution is 2.44. The van der Waals surface area contributed by atoms with Gasteiger partial charge in [0.15, 0.2) is 0 Å². The molecule has 0 radical (unpaired) electrons. The average Bonchev–Trinajstić information content (AvgIpc) is 2.39. The van der Waals surface area contributed by atoms with E-state index in [1.54, 1.807) is 0 Å². The lowest BCUT2D eigenvalue weighted by molar-refractivity contribution is 0.0822. The zero-order valence-electron chi connectivity index (χ0n) is 11.6. The Morgan fingerprint density at radius 2 is 1.94 bits per heavy atom. The van der Waals surface area contributed by atoms with Crippen LogP contribution in [0, 0.1) is 5.92 Å². The minimum absolute atomic E-state index is 0.137. The molecule has 0 aliphatic heterocycles. The molecule has 2 atom stereocenters. The first-order valence-electron chi connectivity index (χ1n) is 7.00. The molecule has 1 aromatic carbocycles. The lowest BCUT2D eigenvalue weighted by Crippen LogP contribution is -2.47. The number of likely N-dealkylation sites (N-methyl/N-ethyl adjacent to an activating group) is 1. The number of aliphatic hydroxyl groups excluding tert-OH is 1. The topological polar surface area (TPSA) is 23.5 Å². The van der Waals surface area contributed by atoms with Crippen molar-refractivity contribution in [1.29, 1.82) is 0 Å². The fourth-order valence-corrected chi connectivity index (χ4v) is 3.59. The van der Waals surface area contributed by atoms with Crippen LogP contribution in [-0.4, -0.2) is 37.3 Å². The van der Waals surface area contributed by atoms with Crippen LogP contribution in [0.5, 0.6) is 0 Å². The zero-order valence-corrected chi connectivity index (χ0v) is 11.6. The number of rotatable bonds is 4. The van der Waals surface area contributed by atoms with Gasteiger partial charge in [0, 0.05) is 18.6 Å². The second-order valence-corrected chi connectivity index (χ2v) is 5.89. The van der Waals surface area contributed by atoms with Gasteiger partial charge in [-0.2, -0.15) is 0 Å². The van der Waals surface area contributed by atoms with Gasteiger partial charge in [-0.3, -0.25) is 0 Å². The summed E-state index contributed by atoms with van der Waals surface area (Å²) >= 11 is 0. The molecule has 1 aliphatic rings. The van der Waals surface area contributed by atoms with Crippen molar-refractivity contribution >= 4 is 0 Å². The smallest absolute Gasteiger partial charge is 0.0468 e. The van der Waals surface area contributed by atoms with E-state index in [2.05, 4.69) is 49.3 Å². The fourth-order valence-electron chi connectivity index (χ4n) is 3.59. The number of hydrogen-bond acceptors (Lipinski definition) is 2. The highest BCUT2D eigenvalue weighted by atomic mass is 16.3. The lowest BCUT2D eigenvalue weighted by Gasteiger charge is -2.45. The Morgan fingerprint density at radius 1 is 1.22 bits per heavy atom. The Morgan fingerprint density at radius 3 is 2.56 bits per heavy atom. The standard InChI is InChI=1S/C16H25NO/c1-17(2)13-16(14-8-4-3-5-9-14)11-7-6-10-15(16)12-18/h3-5,8-9,15,18H,6-7,10-13H2,1-2H3/t15-,16-/m0/s1. The molecule has 0 aromatic heterocycles. The van der Waals surface area contributed by atoms with Crippen molar-refractivity contribution in [3.63, 3.8) is 0 Å². The first kappa shape index (κ1) is 13.6. The third kappa shape index (κ3) is 2.60. The number of nitrogens with zero attached hydrogens (tertiary/aromatic N) is 1. The molecule has 0 unspecified atom stereocenters.